The Bertz CT molecular complexity index is 2850. The molecule has 300 valence electrons. The van der Waals surface area contributed by atoms with Gasteiger partial charge in [-0.2, -0.15) is 12.1 Å². The molecule has 0 atom stereocenters. The van der Waals surface area contributed by atoms with Crippen LogP contribution in [-0.4, -0.2) is 9.55 Å². The van der Waals surface area contributed by atoms with E-state index >= 15 is 0 Å². The zero-order valence-electron chi connectivity index (χ0n) is 35.2. The van der Waals surface area contributed by atoms with Crippen molar-refractivity contribution in [1.29, 1.82) is 0 Å². The van der Waals surface area contributed by atoms with Crippen LogP contribution in [0.25, 0.3) is 38.8 Å². The number of anilines is 4. The molecule has 2 aromatic heterocycles. The van der Waals surface area contributed by atoms with Gasteiger partial charge in [-0.1, -0.05) is 101 Å². The zero-order chi connectivity index (χ0) is 40.5. The van der Waals surface area contributed by atoms with Gasteiger partial charge in [-0.05, 0) is 113 Å². The number of aromatic nitrogens is 2. The molecule has 5 nitrogen and oxygen atoms in total. The molecule has 0 bridgehead atoms. The molecule has 1 aliphatic heterocycles. The van der Waals surface area contributed by atoms with Crippen LogP contribution in [0.2, 0.25) is 0 Å². The van der Waals surface area contributed by atoms with Crippen molar-refractivity contribution in [2.75, 3.05) is 9.80 Å². The summed E-state index contributed by atoms with van der Waals surface area (Å²) in [5, 5.41) is 2.23. The van der Waals surface area contributed by atoms with Crippen LogP contribution in [0, 0.1) is 39.6 Å². The van der Waals surface area contributed by atoms with Gasteiger partial charge in [-0.15, -0.1) is 48.1 Å². The van der Waals surface area contributed by atoms with E-state index in [0.29, 0.717) is 11.5 Å². The number of fused-ring (bicyclic) bond motifs is 4. The molecule has 0 amide bonds. The van der Waals surface area contributed by atoms with E-state index in [1.54, 1.807) is 0 Å². The fraction of sp³-hybridized carbons (Fsp3) is 0.208. The smallest absolute Gasteiger partial charge is 0.135 e. The van der Waals surface area contributed by atoms with Gasteiger partial charge in [-0.25, -0.2) is 4.98 Å². The van der Waals surface area contributed by atoms with Crippen LogP contribution < -0.4 is 14.5 Å². The first-order valence-electron chi connectivity index (χ1n) is 20.1. The molecular formula is C53H49N4OPt-3. The molecule has 6 aromatic carbocycles. The SMILES string of the molecule is Cc1cc(C)c(-c2ccc3c4ccc(Oc5[c-]c(N6[CH-]N(c7cccc(C(C)(C)C)c7)c7ccccc76)ccc5)[c-]c4n(-c4cc(C(C)(C)C)ccn4)c3c2)c(C)c1.[Pt]. The molecule has 0 N–H and O–H groups in total. The fourth-order valence-electron chi connectivity index (χ4n) is 8.40. The van der Waals surface area contributed by atoms with Gasteiger partial charge in [0.05, 0.1) is 0 Å². The quantitative estimate of drug-likeness (QED) is 0.156. The minimum Gasteiger partial charge on any atom is -0.509 e. The predicted molar refractivity (Wildman–Crippen MR) is 241 cm³/mol. The first-order valence-corrected chi connectivity index (χ1v) is 20.1. The maximum absolute atomic E-state index is 6.64. The van der Waals surface area contributed by atoms with Gasteiger partial charge >= 0.3 is 0 Å². The number of hydrogen-bond acceptors (Lipinski definition) is 4. The number of benzene rings is 6. The van der Waals surface area contributed by atoms with Crippen molar-refractivity contribution in [3.63, 3.8) is 0 Å². The Labute approximate surface area is 363 Å². The molecule has 0 radical (unpaired) electrons. The topological polar surface area (TPSA) is 33.5 Å². The average molecular weight is 953 g/mol. The molecule has 3 heterocycles. The molecule has 1 aliphatic rings. The van der Waals surface area contributed by atoms with E-state index in [0.717, 1.165) is 50.4 Å². The second-order valence-electron chi connectivity index (χ2n) is 17.7. The largest absolute Gasteiger partial charge is 0.509 e. The van der Waals surface area contributed by atoms with Crippen LogP contribution in [-0.2, 0) is 31.9 Å². The summed E-state index contributed by atoms with van der Waals surface area (Å²) in [7, 11) is 0. The van der Waals surface area contributed by atoms with E-state index in [4.69, 9.17) is 9.72 Å². The van der Waals surface area contributed by atoms with Crippen molar-refractivity contribution in [2.24, 2.45) is 0 Å². The van der Waals surface area contributed by atoms with Crippen molar-refractivity contribution >= 4 is 44.6 Å². The number of nitrogens with zero attached hydrogens (tertiary/aromatic N) is 4. The number of ether oxygens (including phenoxy) is 1. The maximum atomic E-state index is 6.64. The van der Waals surface area contributed by atoms with Crippen molar-refractivity contribution in [3.8, 4) is 28.4 Å². The van der Waals surface area contributed by atoms with E-state index in [-0.39, 0.29) is 31.9 Å². The third-order valence-corrected chi connectivity index (χ3v) is 11.3. The minimum atomic E-state index is -0.0443. The van der Waals surface area contributed by atoms with Crippen molar-refractivity contribution in [1.82, 2.24) is 9.55 Å². The minimum absolute atomic E-state index is 0. The van der Waals surface area contributed by atoms with Crippen LogP contribution in [0.5, 0.6) is 11.5 Å². The molecular weight excluding hydrogens is 904 g/mol. The van der Waals surface area contributed by atoms with Crippen molar-refractivity contribution in [2.45, 2.75) is 73.1 Å². The Morgan fingerprint density at radius 1 is 0.610 bits per heavy atom. The Hall–Kier alpha value is -5.64. The molecule has 0 saturated carbocycles. The Morgan fingerprint density at radius 3 is 2.00 bits per heavy atom. The molecule has 9 rings (SSSR count). The van der Waals surface area contributed by atoms with Crippen molar-refractivity contribution < 1.29 is 25.8 Å². The summed E-state index contributed by atoms with van der Waals surface area (Å²) in [6, 6.07) is 50.4. The maximum Gasteiger partial charge on any atom is 0.135 e. The molecule has 0 unspecified atom stereocenters. The Kier molecular flexibility index (Phi) is 10.3. The summed E-state index contributed by atoms with van der Waals surface area (Å²) in [6.45, 7) is 22.2. The van der Waals surface area contributed by atoms with E-state index in [1.807, 2.05) is 24.4 Å². The summed E-state index contributed by atoms with van der Waals surface area (Å²) in [6.07, 6.45) is 1.92. The summed E-state index contributed by atoms with van der Waals surface area (Å²) >= 11 is 0. The first kappa shape index (κ1) is 40.2. The van der Waals surface area contributed by atoms with Gasteiger partial charge in [0.25, 0.3) is 0 Å². The number of pyridine rings is 1. The molecule has 8 aromatic rings. The van der Waals surface area contributed by atoms with Crippen LogP contribution in [0.1, 0.15) is 69.4 Å². The van der Waals surface area contributed by atoms with Gasteiger partial charge in [0.15, 0.2) is 0 Å². The van der Waals surface area contributed by atoms with E-state index in [9.17, 15) is 0 Å². The second kappa shape index (κ2) is 15.2. The van der Waals surface area contributed by atoms with Crippen LogP contribution in [0.15, 0.2) is 128 Å². The standard InChI is InChI=1S/C53H49N4O.Pt/c1-34-26-35(2)51(36(3)27-34)37-20-22-44-45-23-21-43(32-49(45)57(48(44)28-37)50-30-39(24-25-54-50)53(7,8)9)58-42-17-13-16-41(31-42)56-33-55(46-18-10-11-19-47(46)56)40-15-12-14-38(29-40)52(4,5)6;/h10-30,33H,1-9H3;/q-3;. The third-order valence-electron chi connectivity index (χ3n) is 11.3. The first-order chi connectivity index (χ1) is 27.7. The predicted octanol–water partition coefficient (Wildman–Crippen LogP) is 14.2. The molecule has 59 heavy (non-hydrogen) atoms. The Morgan fingerprint density at radius 2 is 1.27 bits per heavy atom. The number of para-hydroxylation sites is 2. The number of rotatable bonds is 6. The van der Waals surface area contributed by atoms with Crippen LogP contribution >= 0.6 is 0 Å². The number of hydrogen-bond donors (Lipinski definition) is 0. The summed E-state index contributed by atoms with van der Waals surface area (Å²) in [5.74, 6) is 2.06. The van der Waals surface area contributed by atoms with Gasteiger partial charge in [-0.3, -0.25) is 0 Å². The molecule has 0 fully saturated rings. The third kappa shape index (κ3) is 7.47. The van der Waals surface area contributed by atoms with Gasteiger partial charge in [0.2, 0.25) is 0 Å². The van der Waals surface area contributed by atoms with Gasteiger partial charge in [0.1, 0.15) is 5.82 Å². The molecule has 0 saturated heterocycles. The van der Waals surface area contributed by atoms with Gasteiger partial charge in [0, 0.05) is 61.3 Å². The van der Waals surface area contributed by atoms with E-state index < -0.39 is 0 Å². The van der Waals surface area contributed by atoms with E-state index in [2.05, 4.69) is 199 Å². The zero-order valence-corrected chi connectivity index (χ0v) is 37.5. The summed E-state index contributed by atoms with van der Waals surface area (Å²) < 4.78 is 8.89. The van der Waals surface area contributed by atoms with Crippen molar-refractivity contribution in [3.05, 3.63) is 174 Å². The second-order valence-corrected chi connectivity index (χ2v) is 17.7. The molecule has 0 spiro atoms. The average Bonchev–Trinajstić information content (AvgIpc) is 3.73. The fourth-order valence-corrected chi connectivity index (χ4v) is 8.40. The monoisotopic (exact) mass is 952 g/mol. The molecule has 0 aliphatic carbocycles. The number of aryl methyl sites for hydroxylation is 3. The Balaban J connectivity index is 0.00000484. The summed E-state index contributed by atoms with van der Waals surface area (Å²) in [5.41, 5.74) is 14.9. The normalized spacial score (nSPS) is 12.9. The molecule has 6 heteroatoms. The van der Waals surface area contributed by atoms with Gasteiger partial charge < -0.3 is 19.1 Å². The summed E-state index contributed by atoms with van der Waals surface area (Å²) in [4.78, 5) is 9.39. The van der Waals surface area contributed by atoms with Crippen LogP contribution in [0.4, 0.5) is 22.7 Å². The van der Waals surface area contributed by atoms with E-state index in [1.165, 1.54) is 38.9 Å². The van der Waals surface area contributed by atoms with Crippen LogP contribution in [0.3, 0.4) is 0 Å².